The quantitative estimate of drug-likeness (QED) is 0.163. The zero-order chi connectivity index (χ0) is 34.4. The fraction of sp³-hybridized carbons (Fsp3) is 0.235. The second-order valence-electron chi connectivity index (χ2n) is 11.0. The second kappa shape index (κ2) is 15.4. The van der Waals surface area contributed by atoms with Crippen molar-refractivity contribution in [2.24, 2.45) is 0 Å². The molecule has 0 bridgehead atoms. The Morgan fingerprint density at radius 3 is 2.09 bits per heavy atom. The number of rotatable bonds is 12. The minimum Gasteiger partial charge on any atom is -0.352 e. The first-order chi connectivity index (χ1) is 22.2. The molecule has 0 saturated heterocycles. The molecule has 0 radical (unpaired) electrons. The highest BCUT2D eigenvalue weighted by Crippen LogP contribution is 2.37. The number of alkyl halides is 3. The van der Waals surface area contributed by atoms with Crippen LogP contribution in [0.25, 0.3) is 0 Å². The lowest BCUT2D eigenvalue weighted by molar-refractivity contribution is -0.140. The summed E-state index contributed by atoms with van der Waals surface area (Å²) in [6.07, 6.45) is -4.75. The first-order valence-corrected chi connectivity index (χ1v) is 17.1. The van der Waals surface area contributed by atoms with Crippen LogP contribution in [0.15, 0.2) is 112 Å². The van der Waals surface area contributed by atoms with E-state index in [9.17, 15) is 31.2 Å². The van der Waals surface area contributed by atoms with Crippen LogP contribution >= 0.6 is 27.5 Å². The van der Waals surface area contributed by atoms with Gasteiger partial charge in [-0.1, -0.05) is 88.2 Å². The summed E-state index contributed by atoms with van der Waals surface area (Å²) < 4.78 is 70.9. The summed E-state index contributed by atoms with van der Waals surface area (Å²) in [6, 6.07) is 23.9. The summed E-state index contributed by atoms with van der Waals surface area (Å²) in [5.74, 6) is -1.32. The molecule has 0 unspecified atom stereocenters. The summed E-state index contributed by atoms with van der Waals surface area (Å²) in [5.41, 5.74) is -0.329. The molecule has 248 valence electrons. The van der Waals surface area contributed by atoms with Crippen molar-refractivity contribution in [1.82, 2.24) is 10.2 Å². The van der Waals surface area contributed by atoms with E-state index < -0.39 is 51.9 Å². The third-order valence-electron chi connectivity index (χ3n) is 7.10. The van der Waals surface area contributed by atoms with Gasteiger partial charge in [0.2, 0.25) is 11.8 Å². The zero-order valence-electron chi connectivity index (χ0n) is 25.4. The van der Waals surface area contributed by atoms with Crippen LogP contribution < -0.4 is 9.62 Å². The van der Waals surface area contributed by atoms with Crippen LogP contribution in [0, 0.1) is 0 Å². The number of hydrogen-bond donors (Lipinski definition) is 1. The lowest BCUT2D eigenvalue weighted by Crippen LogP contribution is -2.54. The van der Waals surface area contributed by atoms with E-state index in [4.69, 9.17) is 11.6 Å². The Morgan fingerprint density at radius 2 is 1.49 bits per heavy atom. The number of benzene rings is 4. The van der Waals surface area contributed by atoms with Crippen LogP contribution in [0.5, 0.6) is 0 Å². The molecule has 1 N–H and O–H groups in total. The van der Waals surface area contributed by atoms with E-state index in [-0.39, 0.29) is 28.9 Å². The lowest BCUT2D eigenvalue weighted by Gasteiger charge is -2.34. The predicted octanol–water partition coefficient (Wildman–Crippen LogP) is 7.48. The van der Waals surface area contributed by atoms with E-state index in [0.29, 0.717) is 20.4 Å². The van der Waals surface area contributed by atoms with Gasteiger partial charge in [0.25, 0.3) is 10.0 Å². The predicted molar refractivity (Wildman–Crippen MR) is 179 cm³/mol. The maximum Gasteiger partial charge on any atom is 0.416 e. The molecule has 0 aliphatic rings. The number of amides is 2. The summed E-state index contributed by atoms with van der Waals surface area (Å²) in [6.45, 7) is 2.47. The monoisotopic (exact) mass is 749 g/mol. The smallest absolute Gasteiger partial charge is 0.352 e. The third-order valence-corrected chi connectivity index (χ3v) is 9.68. The summed E-state index contributed by atoms with van der Waals surface area (Å²) >= 11 is 9.77. The van der Waals surface area contributed by atoms with Crippen molar-refractivity contribution in [3.8, 4) is 0 Å². The Kier molecular flexibility index (Phi) is 11.8. The van der Waals surface area contributed by atoms with Crippen molar-refractivity contribution >= 4 is 55.1 Å². The van der Waals surface area contributed by atoms with Gasteiger partial charge in [-0.25, -0.2) is 8.42 Å². The summed E-state index contributed by atoms with van der Waals surface area (Å²) in [4.78, 5) is 29.2. The highest BCUT2D eigenvalue weighted by molar-refractivity contribution is 9.10. The molecule has 4 aromatic carbocycles. The van der Waals surface area contributed by atoms with Crippen LogP contribution in [-0.2, 0) is 38.8 Å². The van der Waals surface area contributed by atoms with Gasteiger partial charge in [0.1, 0.15) is 12.6 Å². The molecule has 0 saturated carbocycles. The lowest BCUT2D eigenvalue weighted by atomic mass is 10.0. The molecule has 1 atom stereocenters. The van der Waals surface area contributed by atoms with Crippen molar-refractivity contribution < 1.29 is 31.2 Å². The van der Waals surface area contributed by atoms with E-state index in [1.165, 1.54) is 29.2 Å². The Labute approximate surface area is 285 Å². The SMILES string of the molecule is CC(C)NC(=O)[C@@H](Cc1ccccc1)N(Cc1cccc(Br)c1)C(=O)CN(c1cc(C(F)(F)F)ccc1Cl)S(=O)(=O)c1ccccc1. The molecule has 0 fully saturated rings. The number of carbonyl (C=O) groups excluding carboxylic acids is 2. The molecule has 0 aliphatic heterocycles. The number of anilines is 1. The van der Waals surface area contributed by atoms with Gasteiger partial charge in [-0.05, 0) is 67.4 Å². The largest absolute Gasteiger partial charge is 0.416 e. The Balaban J connectivity index is 1.87. The summed E-state index contributed by atoms with van der Waals surface area (Å²) in [5, 5.41) is 2.53. The van der Waals surface area contributed by atoms with Gasteiger partial charge >= 0.3 is 6.18 Å². The second-order valence-corrected chi connectivity index (χ2v) is 14.2. The first-order valence-electron chi connectivity index (χ1n) is 14.5. The molecule has 13 heteroatoms. The van der Waals surface area contributed by atoms with E-state index in [1.54, 1.807) is 68.4 Å². The fourth-order valence-electron chi connectivity index (χ4n) is 4.88. The van der Waals surface area contributed by atoms with Crippen LogP contribution in [0.1, 0.15) is 30.5 Å². The molecule has 47 heavy (non-hydrogen) atoms. The van der Waals surface area contributed by atoms with E-state index >= 15 is 0 Å². The average molecular weight is 751 g/mol. The van der Waals surface area contributed by atoms with Gasteiger partial charge in [0.15, 0.2) is 0 Å². The van der Waals surface area contributed by atoms with Crippen LogP contribution in [0.4, 0.5) is 18.9 Å². The molecule has 0 aliphatic carbocycles. The topological polar surface area (TPSA) is 86.8 Å². The molecule has 7 nitrogen and oxygen atoms in total. The molecule has 0 spiro atoms. The first kappa shape index (κ1) is 36.0. The Bertz CT molecular complexity index is 1810. The highest BCUT2D eigenvalue weighted by atomic mass is 79.9. The molecule has 4 rings (SSSR count). The van der Waals surface area contributed by atoms with Crippen LogP contribution in [0.2, 0.25) is 5.02 Å². The van der Waals surface area contributed by atoms with Crippen molar-refractivity contribution in [2.75, 3.05) is 10.8 Å². The maximum absolute atomic E-state index is 14.5. The van der Waals surface area contributed by atoms with E-state index in [1.807, 2.05) is 6.07 Å². The van der Waals surface area contributed by atoms with Crippen LogP contribution in [-0.4, -0.2) is 43.8 Å². The standard InChI is InChI=1S/C34H32BrClF3N3O4S/c1-23(2)40-33(44)31(19-24-10-5-3-6-11-24)41(21-25-12-9-13-27(35)18-25)32(43)22-42(47(45,46)28-14-7-4-8-15-28)30-20-26(34(37,38)39)16-17-29(30)36/h3-18,20,23,31H,19,21-22H2,1-2H3,(H,40,44)/t31-/m1/s1. The Morgan fingerprint density at radius 1 is 0.872 bits per heavy atom. The van der Waals surface area contributed by atoms with E-state index in [2.05, 4.69) is 21.2 Å². The molecular weight excluding hydrogens is 719 g/mol. The van der Waals surface area contributed by atoms with Crippen LogP contribution in [0.3, 0.4) is 0 Å². The molecule has 4 aromatic rings. The van der Waals surface area contributed by atoms with Gasteiger partial charge in [-0.15, -0.1) is 0 Å². The number of halogens is 5. The minimum atomic E-state index is -4.83. The number of sulfonamides is 1. The van der Waals surface area contributed by atoms with Gasteiger partial charge in [-0.3, -0.25) is 13.9 Å². The third kappa shape index (κ3) is 9.36. The number of hydrogen-bond acceptors (Lipinski definition) is 4. The van der Waals surface area contributed by atoms with Gasteiger partial charge < -0.3 is 10.2 Å². The summed E-state index contributed by atoms with van der Waals surface area (Å²) in [7, 11) is -4.64. The molecule has 2 amide bonds. The van der Waals surface area contributed by atoms with Gasteiger partial charge in [0, 0.05) is 23.5 Å². The number of carbonyl (C=O) groups is 2. The Hall–Kier alpha value is -3.87. The highest BCUT2D eigenvalue weighted by Gasteiger charge is 2.37. The molecular formula is C34H32BrClF3N3O4S. The average Bonchev–Trinajstić information content (AvgIpc) is 3.02. The molecule has 0 aromatic heterocycles. The maximum atomic E-state index is 14.5. The van der Waals surface area contributed by atoms with Gasteiger partial charge in [0.05, 0.1) is 21.2 Å². The van der Waals surface area contributed by atoms with Crippen molar-refractivity contribution in [1.29, 1.82) is 0 Å². The fourth-order valence-corrected chi connectivity index (χ4v) is 7.04. The normalized spacial score (nSPS) is 12.4. The van der Waals surface area contributed by atoms with Crippen molar-refractivity contribution in [3.05, 3.63) is 129 Å². The number of nitrogens with one attached hydrogen (secondary N) is 1. The molecule has 0 heterocycles. The zero-order valence-corrected chi connectivity index (χ0v) is 28.6. The number of nitrogens with zero attached hydrogens (tertiary/aromatic N) is 2. The minimum absolute atomic E-state index is 0.0783. The van der Waals surface area contributed by atoms with Crippen molar-refractivity contribution in [3.63, 3.8) is 0 Å². The van der Waals surface area contributed by atoms with Gasteiger partial charge in [-0.2, -0.15) is 13.2 Å². The van der Waals surface area contributed by atoms with E-state index in [0.717, 1.165) is 17.7 Å². The van der Waals surface area contributed by atoms with Crippen molar-refractivity contribution in [2.45, 2.75) is 50.0 Å².